The van der Waals surface area contributed by atoms with Crippen molar-refractivity contribution >= 4 is 11.8 Å². The molecule has 0 unspecified atom stereocenters. The molecule has 1 aliphatic heterocycles. The Hall–Kier alpha value is -1.64. The molecule has 0 saturated carbocycles. The Morgan fingerprint density at radius 2 is 1.94 bits per heavy atom. The Balaban J connectivity index is 2.58. The predicted octanol–water partition coefficient (Wildman–Crippen LogP) is 1.94. The number of carbonyl (C=O) groups excluding carboxylic acids is 2. The molecule has 0 aliphatic carbocycles. The summed E-state index contributed by atoms with van der Waals surface area (Å²) < 4.78 is 0. The average Bonchev–Trinajstić information content (AvgIpc) is 2.50. The third-order valence-corrected chi connectivity index (χ3v) is 3.83. The molecular weight excluding hydrogens is 214 g/mol. The van der Waals surface area contributed by atoms with Crippen LogP contribution in [0.15, 0.2) is 24.3 Å². The van der Waals surface area contributed by atoms with Crippen molar-refractivity contribution in [2.75, 3.05) is 0 Å². The summed E-state index contributed by atoms with van der Waals surface area (Å²) in [6, 6.07) is 7.77. The highest BCUT2D eigenvalue weighted by Crippen LogP contribution is 2.39. The van der Waals surface area contributed by atoms with Crippen molar-refractivity contribution < 1.29 is 9.59 Å². The van der Waals surface area contributed by atoms with Crippen LogP contribution in [0.25, 0.3) is 0 Å². The van der Waals surface area contributed by atoms with Gasteiger partial charge in [-0.15, -0.1) is 0 Å². The normalized spacial score (nSPS) is 28.3. The molecule has 0 aromatic heterocycles. The van der Waals surface area contributed by atoms with E-state index in [2.05, 4.69) is 5.32 Å². The van der Waals surface area contributed by atoms with Gasteiger partial charge >= 0.3 is 0 Å². The van der Waals surface area contributed by atoms with Crippen molar-refractivity contribution in [3.05, 3.63) is 35.4 Å². The Bertz CT molecular complexity index is 481. The zero-order chi connectivity index (χ0) is 12.6. The van der Waals surface area contributed by atoms with Gasteiger partial charge in [0, 0.05) is 0 Å². The monoisotopic (exact) mass is 231 g/mol. The number of aryl methyl sites for hydroxylation is 1. The van der Waals surface area contributed by atoms with Crippen molar-refractivity contribution in [2.45, 2.75) is 32.6 Å². The molecule has 2 amide bonds. The summed E-state index contributed by atoms with van der Waals surface area (Å²) in [7, 11) is 0. The molecule has 3 nitrogen and oxygen atoms in total. The molecule has 1 aromatic carbocycles. The maximum absolute atomic E-state index is 12.1. The van der Waals surface area contributed by atoms with Crippen LogP contribution in [0, 0.1) is 12.8 Å². The van der Waals surface area contributed by atoms with Gasteiger partial charge in [0.05, 0.1) is 11.3 Å². The van der Waals surface area contributed by atoms with Crippen molar-refractivity contribution in [1.82, 2.24) is 5.32 Å². The second-order valence-electron chi connectivity index (χ2n) is 4.80. The van der Waals surface area contributed by atoms with E-state index in [4.69, 9.17) is 0 Å². The second-order valence-corrected chi connectivity index (χ2v) is 4.80. The maximum Gasteiger partial charge on any atom is 0.237 e. The second kappa shape index (κ2) is 3.99. The molecule has 0 radical (unpaired) electrons. The summed E-state index contributed by atoms with van der Waals surface area (Å²) in [5.41, 5.74) is 1.28. The lowest BCUT2D eigenvalue weighted by Gasteiger charge is -2.28. The standard InChI is InChI=1S/C14H17NO2/c1-4-10-12(16)15-13(17)14(10,3)11-8-6-5-7-9(11)2/h5-8,10H,4H2,1-3H3,(H,15,16,17)/t10-,14-/m0/s1. The van der Waals surface area contributed by atoms with Crippen LogP contribution in [0.2, 0.25) is 0 Å². The fourth-order valence-electron chi connectivity index (χ4n) is 2.81. The van der Waals surface area contributed by atoms with Gasteiger partial charge in [-0.25, -0.2) is 0 Å². The summed E-state index contributed by atoms with van der Waals surface area (Å²) >= 11 is 0. The molecule has 0 spiro atoms. The Kier molecular flexibility index (Phi) is 2.77. The summed E-state index contributed by atoms with van der Waals surface area (Å²) in [6.07, 6.45) is 0.669. The first kappa shape index (κ1) is 11.8. The zero-order valence-electron chi connectivity index (χ0n) is 10.4. The molecular formula is C14H17NO2. The molecule has 1 fully saturated rings. The average molecular weight is 231 g/mol. The van der Waals surface area contributed by atoms with E-state index in [1.165, 1.54) is 0 Å². The molecule has 2 rings (SSSR count). The first-order valence-corrected chi connectivity index (χ1v) is 5.93. The minimum Gasteiger partial charge on any atom is -0.295 e. The van der Waals surface area contributed by atoms with Crippen molar-refractivity contribution in [3.8, 4) is 0 Å². The summed E-state index contributed by atoms with van der Waals surface area (Å²) in [5.74, 6) is -0.594. The van der Waals surface area contributed by atoms with Gasteiger partial charge < -0.3 is 0 Å². The van der Waals surface area contributed by atoms with Gasteiger partial charge in [-0.1, -0.05) is 31.2 Å². The SMILES string of the molecule is CC[C@H]1C(=O)NC(=O)[C@]1(C)c1ccccc1C. The van der Waals surface area contributed by atoms with Crippen LogP contribution in [0.5, 0.6) is 0 Å². The van der Waals surface area contributed by atoms with Crippen LogP contribution in [-0.4, -0.2) is 11.8 Å². The zero-order valence-corrected chi connectivity index (χ0v) is 10.4. The molecule has 2 atom stereocenters. The number of nitrogens with one attached hydrogen (secondary N) is 1. The number of rotatable bonds is 2. The van der Waals surface area contributed by atoms with Crippen LogP contribution >= 0.6 is 0 Å². The van der Waals surface area contributed by atoms with Gasteiger partial charge in [-0.05, 0) is 31.4 Å². The molecule has 1 saturated heterocycles. The van der Waals surface area contributed by atoms with E-state index in [9.17, 15) is 9.59 Å². The molecule has 17 heavy (non-hydrogen) atoms. The van der Waals surface area contributed by atoms with E-state index in [0.29, 0.717) is 6.42 Å². The highest BCUT2D eigenvalue weighted by Gasteiger charge is 2.52. The highest BCUT2D eigenvalue weighted by atomic mass is 16.2. The Morgan fingerprint density at radius 1 is 1.29 bits per heavy atom. The summed E-state index contributed by atoms with van der Waals surface area (Å²) in [4.78, 5) is 23.9. The first-order chi connectivity index (χ1) is 8.01. The van der Waals surface area contributed by atoms with Crippen LogP contribution in [-0.2, 0) is 15.0 Å². The molecule has 3 heteroatoms. The van der Waals surface area contributed by atoms with Gasteiger partial charge in [0.2, 0.25) is 11.8 Å². The van der Waals surface area contributed by atoms with Gasteiger partial charge in [-0.2, -0.15) is 0 Å². The molecule has 1 heterocycles. The molecule has 0 bridgehead atoms. The van der Waals surface area contributed by atoms with Gasteiger partial charge in [0.25, 0.3) is 0 Å². The summed E-state index contributed by atoms with van der Waals surface area (Å²) in [5, 5.41) is 2.46. The molecule has 1 N–H and O–H groups in total. The van der Waals surface area contributed by atoms with Gasteiger partial charge in [0.1, 0.15) is 0 Å². The van der Waals surface area contributed by atoms with Crippen LogP contribution in [0.3, 0.4) is 0 Å². The van der Waals surface area contributed by atoms with E-state index in [1.54, 1.807) is 0 Å². The molecule has 1 aromatic rings. The quantitative estimate of drug-likeness (QED) is 0.791. The van der Waals surface area contributed by atoms with Crippen molar-refractivity contribution in [2.24, 2.45) is 5.92 Å². The minimum absolute atomic E-state index is 0.150. The highest BCUT2D eigenvalue weighted by molar-refractivity contribution is 6.10. The van der Waals surface area contributed by atoms with E-state index in [-0.39, 0.29) is 17.7 Å². The largest absolute Gasteiger partial charge is 0.295 e. The van der Waals surface area contributed by atoms with Crippen molar-refractivity contribution in [1.29, 1.82) is 0 Å². The lowest BCUT2D eigenvalue weighted by Crippen LogP contribution is -2.37. The Labute approximate surface area is 101 Å². The molecule has 1 aliphatic rings. The number of carbonyl (C=O) groups is 2. The van der Waals surface area contributed by atoms with Crippen LogP contribution in [0.1, 0.15) is 31.4 Å². The molecule has 90 valence electrons. The fourth-order valence-corrected chi connectivity index (χ4v) is 2.81. The van der Waals surface area contributed by atoms with E-state index in [1.807, 2.05) is 45.0 Å². The Morgan fingerprint density at radius 3 is 2.53 bits per heavy atom. The third kappa shape index (κ3) is 1.57. The lowest BCUT2D eigenvalue weighted by molar-refractivity contribution is -0.126. The topological polar surface area (TPSA) is 46.2 Å². The lowest BCUT2D eigenvalue weighted by atomic mass is 9.71. The number of amides is 2. The predicted molar refractivity (Wildman–Crippen MR) is 65.5 cm³/mol. The maximum atomic E-state index is 12.1. The third-order valence-electron chi connectivity index (χ3n) is 3.83. The minimum atomic E-state index is -0.725. The van der Waals surface area contributed by atoms with Gasteiger partial charge in [0.15, 0.2) is 0 Å². The smallest absolute Gasteiger partial charge is 0.237 e. The van der Waals surface area contributed by atoms with E-state index in [0.717, 1.165) is 11.1 Å². The number of imide groups is 1. The van der Waals surface area contributed by atoms with Crippen molar-refractivity contribution in [3.63, 3.8) is 0 Å². The van der Waals surface area contributed by atoms with Gasteiger partial charge in [-0.3, -0.25) is 14.9 Å². The number of hydrogen-bond donors (Lipinski definition) is 1. The fraction of sp³-hybridized carbons (Fsp3) is 0.429. The summed E-state index contributed by atoms with van der Waals surface area (Å²) in [6.45, 7) is 5.78. The van der Waals surface area contributed by atoms with E-state index < -0.39 is 5.41 Å². The number of hydrogen-bond acceptors (Lipinski definition) is 2. The van der Waals surface area contributed by atoms with Crippen LogP contribution < -0.4 is 5.32 Å². The number of benzene rings is 1. The van der Waals surface area contributed by atoms with E-state index >= 15 is 0 Å². The van der Waals surface area contributed by atoms with Crippen LogP contribution in [0.4, 0.5) is 0 Å². The first-order valence-electron chi connectivity index (χ1n) is 5.93.